The number of aromatic nitrogens is 3. The van der Waals surface area contributed by atoms with Crippen LogP contribution in [0.4, 0.5) is 4.39 Å². The van der Waals surface area contributed by atoms with Crippen LogP contribution in [0.3, 0.4) is 0 Å². The minimum Gasteiger partial charge on any atom is -0.281 e. The maximum atomic E-state index is 14.1. The summed E-state index contributed by atoms with van der Waals surface area (Å²) in [5, 5.41) is 18.0. The van der Waals surface area contributed by atoms with Crippen molar-refractivity contribution < 1.29 is 4.39 Å². The lowest BCUT2D eigenvalue weighted by atomic mass is 9.96. The van der Waals surface area contributed by atoms with Gasteiger partial charge in [0.15, 0.2) is 5.82 Å². The molecule has 3 aromatic rings. The van der Waals surface area contributed by atoms with Crippen molar-refractivity contribution in [2.45, 2.75) is 26.3 Å². The third-order valence-electron chi connectivity index (χ3n) is 4.41. The fourth-order valence-corrected chi connectivity index (χ4v) is 3.21. The largest absolute Gasteiger partial charge is 0.281 e. The Balaban J connectivity index is 2.02. The number of hydrogen-bond acceptors (Lipinski definition) is 4. The monoisotopic (exact) mass is 345 g/mol. The highest BCUT2D eigenvalue weighted by atomic mass is 19.1. The zero-order chi connectivity index (χ0) is 18.3. The van der Waals surface area contributed by atoms with Gasteiger partial charge < -0.3 is 0 Å². The fraction of sp³-hybridized carbons (Fsp3) is 0.200. The molecule has 128 valence electrons. The molecule has 0 aliphatic carbocycles. The summed E-state index contributed by atoms with van der Waals surface area (Å²) in [6.45, 7) is 4.39. The molecule has 0 saturated carbocycles. The van der Waals surface area contributed by atoms with E-state index in [9.17, 15) is 9.65 Å². The van der Waals surface area contributed by atoms with Gasteiger partial charge in [0.1, 0.15) is 18.2 Å². The summed E-state index contributed by atoms with van der Waals surface area (Å²) in [5.41, 5.74) is 3.19. The lowest BCUT2D eigenvalue weighted by molar-refractivity contribution is 0.626. The summed E-state index contributed by atoms with van der Waals surface area (Å²) < 4.78 is 16.0. The van der Waals surface area contributed by atoms with E-state index in [1.807, 2.05) is 30.5 Å². The number of halogens is 1. The van der Waals surface area contributed by atoms with E-state index in [0.717, 1.165) is 11.5 Å². The maximum absolute atomic E-state index is 14.1. The van der Waals surface area contributed by atoms with Crippen LogP contribution >= 0.6 is 0 Å². The third-order valence-corrected chi connectivity index (χ3v) is 4.41. The summed E-state index contributed by atoms with van der Waals surface area (Å²) in [5.74, 6) is 1.31. The van der Waals surface area contributed by atoms with Gasteiger partial charge in [-0.15, -0.1) is 10.2 Å². The smallest absolute Gasteiger partial charge is 0.159 e. The first-order valence-corrected chi connectivity index (χ1v) is 8.38. The van der Waals surface area contributed by atoms with E-state index in [0.29, 0.717) is 34.8 Å². The standard InChI is InChI=1S/C20H16FN5/c1-12(2)20-25-24-18-11-23-19(15-6-4-3-5-13(15)10-22)16-9-14(21)7-8-17(16)26(18)20/h3-9,12H,11H2,1-2H3. The fourth-order valence-electron chi connectivity index (χ4n) is 3.21. The first-order chi connectivity index (χ1) is 12.6. The van der Waals surface area contributed by atoms with Crippen LogP contribution in [0.15, 0.2) is 47.5 Å². The Labute approximate surface area is 150 Å². The molecule has 0 N–H and O–H groups in total. The normalized spacial score (nSPS) is 12.8. The highest BCUT2D eigenvalue weighted by Gasteiger charge is 2.25. The molecule has 0 unspecified atom stereocenters. The number of benzene rings is 2. The van der Waals surface area contributed by atoms with Gasteiger partial charge in [0.25, 0.3) is 0 Å². The van der Waals surface area contributed by atoms with E-state index in [1.54, 1.807) is 18.2 Å². The molecular formula is C20H16FN5. The lowest BCUT2D eigenvalue weighted by Gasteiger charge is -2.15. The van der Waals surface area contributed by atoms with E-state index in [2.05, 4.69) is 21.3 Å². The van der Waals surface area contributed by atoms with Crippen molar-refractivity contribution in [2.75, 3.05) is 0 Å². The minimum absolute atomic E-state index is 0.155. The summed E-state index contributed by atoms with van der Waals surface area (Å²) >= 11 is 0. The Morgan fingerprint density at radius 1 is 1.12 bits per heavy atom. The zero-order valence-corrected chi connectivity index (χ0v) is 14.4. The number of fused-ring (bicyclic) bond motifs is 3. The van der Waals surface area contributed by atoms with Gasteiger partial charge in [0.2, 0.25) is 0 Å². The number of rotatable bonds is 2. The molecule has 5 nitrogen and oxygen atoms in total. The molecule has 1 aliphatic rings. The summed E-state index contributed by atoms with van der Waals surface area (Å²) in [4.78, 5) is 4.67. The molecule has 0 radical (unpaired) electrons. The molecule has 0 amide bonds. The molecule has 1 aromatic heterocycles. The van der Waals surface area contributed by atoms with Crippen LogP contribution in [0.5, 0.6) is 0 Å². The predicted molar refractivity (Wildman–Crippen MR) is 95.9 cm³/mol. The van der Waals surface area contributed by atoms with Crippen molar-refractivity contribution in [3.63, 3.8) is 0 Å². The summed E-state index contributed by atoms with van der Waals surface area (Å²) in [7, 11) is 0. The van der Waals surface area contributed by atoms with E-state index < -0.39 is 0 Å². The molecule has 0 saturated heterocycles. The molecular weight excluding hydrogens is 329 g/mol. The predicted octanol–water partition coefficient (Wildman–Crippen LogP) is 3.75. The first kappa shape index (κ1) is 16.2. The number of nitrogens with zero attached hydrogens (tertiary/aromatic N) is 5. The molecule has 0 fully saturated rings. The maximum Gasteiger partial charge on any atom is 0.159 e. The van der Waals surface area contributed by atoms with Crippen LogP contribution in [0.1, 0.15) is 48.1 Å². The molecule has 2 heterocycles. The Morgan fingerprint density at radius 2 is 1.92 bits per heavy atom. The number of nitriles is 1. The first-order valence-electron chi connectivity index (χ1n) is 8.38. The van der Waals surface area contributed by atoms with Crippen molar-refractivity contribution >= 4 is 5.71 Å². The van der Waals surface area contributed by atoms with Crippen LogP contribution in [0.25, 0.3) is 5.69 Å². The number of hydrogen-bond donors (Lipinski definition) is 0. The highest BCUT2D eigenvalue weighted by Crippen LogP contribution is 2.29. The van der Waals surface area contributed by atoms with Crippen molar-refractivity contribution in [3.05, 3.63) is 76.6 Å². The van der Waals surface area contributed by atoms with Crippen LogP contribution in [-0.2, 0) is 6.54 Å². The molecule has 6 heteroatoms. The van der Waals surface area contributed by atoms with Gasteiger partial charge >= 0.3 is 0 Å². The Bertz CT molecular complexity index is 1070. The van der Waals surface area contributed by atoms with E-state index >= 15 is 0 Å². The molecule has 4 rings (SSSR count). The highest BCUT2D eigenvalue weighted by molar-refractivity contribution is 6.16. The van der Waals surface area contributed by atoms with E-state index in [4.69, 9.17) is 0 Å². The Morgan fingerprint density at radius 3 is 2.69 bits per heavy atom. The van der Waals surface area contributed by atoms with Gasteiger partial charge in [0.05, 0.1) is 23.0 Å². The van der Waals surface area contributed by atoms with Crippen molar-refractivity contribution in [3.8, 4) is 11.8 Å². The van der Waals surface area contributed by atoms with Gasteiger partial charge in [-0.3, -0.25) is 9.56 Å². The van der Waals surface area contributed by atoms with Gasteiger partial charge in [0, 0.05) is 17.0 Å². The van der Waals surface area contributed by atoms with Gasteiger partial charge in [-0.2, -0.15) is 5.26 Å². The van der Waals surface area contributed by atoms with Crippen LogP contribution in [-0.4, -0.2) is 20.5 Å². The van der Waals surface area contributed by atoms with Crippen molar-refractivity contribution in [1.82, 2.24) is 14.8 Å². The SMILES string of the molecule is CC(C)c1nnc2n1-c1ccc(F)cc1C(c1ccccc1C#N)=NC2. The van der Waals surface area contributed by atoms with Crippen molar-refractivity contribution in [1.29, 1.82) is 5.26 Å². The average molecular weight is 345 g/mol. The second-order valence-electron chi connectivity index (χ2n) is 6.45. The van der Waals surface area contributed by atoms with E-state index in [1.165, 1.54) is 12.1 Å². The molecule has 0 spiro atoms. The van der Waals surface area contributed by atoms with E-state index in [-0.39, 0.29) is 11.7 Å². The Kier molecular flexibility index (Phi) is 3.85. The summed E-state index contributed by atoms with van der Waals surface area (Å²) in [6.07, 6.45) is 0. The van der Waals surface area contributed by atoms with Crippen molar-refractivity contribution in [2.24, 2.45) is 4.99 Å². The van der Waals surface area contributed by atoms with Crippen LogP contribution in [0, 0.1) is 17.1 Å². The third kappa shape index (κ3) is 2.49. The molecule has 0 bridgehead atoms. The van der Waals surface area contributed by atoms with Gasteiger partial charge in [-0.25, -0.2) is 4.39 Å². The zero-order valence-electron chi connectivity index (χ0n) is 14.4. The van der Waals surface area contributed by atoms with Crippen LogP contribution < -0.4 is 0 Å². The van der Waals surface area contributed by atoms with Gasteiger partial charge in [-0.1, -0.05) is 32.0 Å². The molecule has 0 atom stereocenters. The quantitative estimate of drug-likeness (QED) is 0.710. The summed E-state index contributed by atoms with van der Waals surface area (Å²) in [6, 6.07) is 14.0. The molecule has 1 aliphatic heterocycles. The number of aliphatic imine (C=N–C) groups is 1. The molecule has 2 aromatic carbocycles. The second kappa shape index (κ2) is 6.19. The average Bonchev–Trinajstić information content (AvgIpc) is 3.00. The Hall–Kier alpha value is -3.33. The molecule has 26 heavy (non-hydrogen) atoms. The topological polar surface area (TPSA) is 66.9 Å². The lowest BCUT2D eigenvalue weighted by Crippen LogP contribution is -2.11. The van der Waals surface area contributed by atoms with Gasteiger partial charge in [-0.05, 0) is 24.3 Å². The van der Waals surface area contributed by atoms with Crippen LogP contribution in [0.2, 0.25) is 0 Å². The minimum atomic E-state index is -0.353. The second-order valence-corrected chi connectivity index (χ2v) is 6.45.